The van der Waals surface area contributed by atoms with Gasteiger partial charge in [0.15, 0.2) is 0 Å². The van der Waals surface area contributed by atoms with Crippen LogP contribution in [0.4, 0.5) is 27.8 Å². The largest absolute Gasteiger partial charge is 0.451 e. The number of alkyl halides is 3. The molecule has 0 aliphatic heterocycles. The van der Waals surface area contributed by atoms with Gasteiger partial charge in [-0.1, -0.05) is 0 Å². The number of anilines is 1. The van der Waals surface area contributed by atoms with E-state index in [1.165, 1.54) is 7.05 Å². The second kappa shape index (κ2) is 5.03. The molecule has 0 radical (unpaired) electrons. The minimum absolute atomic E-state index is 0.119. The van der Waals surface area contributed by atoms with E-state index in [-0.39, 0.29) is 17.1 Å². The first-order valence-corrected chi connectivity index (χ1v) is 5.40. The summed E-state index contributed by atoms with van der Waals surface area (Å²) in [5.41, 5.74) is -0.523. The highest BCUT2D eigenvalue weighted by Crippen LogP contribution is 2.30. The van der Waals surface area contributed by atoms with Crippen LogP contribution in [0.1, 0.15) is 5.82 Å². The minimum atomic E-state index is -4.77. The number of nitrogens with zero attached hydrogens (tertiary/aromatic N) is 2. The van der Waals surface area contributed by atoms with Crippen LogP contribution in [0.3, 0.4) is 0 Å². The van der Waals surface area contributed by atoms with Gasteiger partial charge in [0, 0.05) is 24.7 Å². The Morgan fingerprint density at radius 3 is 2.30 bits per heavy atom. The van der Waals surface area contributed by atoms with Crippen LogP contribution in [-0.2, 0) is 6.18 Å². The van der Waals surface area contributed by atoms with E-state index in [9.17, 15) is 22.0 Å². The Balaban J connectivity index is 2.61. The van der Waals surface area contributed by atoms with E-state index in [2.05, 4.69) is 15.3 Å². The smallest absolute Gasteiger partial charge is 0.373 e. The average molecular weight is 289 g/mol. The summed E-state index contributed by atoms with van der Waals surface area (Å²) in [7, 11) is 1.37. The molecule has 0 bridgehead atoms. The van der Waals surface area contributed by atoms with Crippen molar-refractivity contribution < 1.29 is 22.0 Å². The summed E-state index contributed by atoms with van der Waals surface area (Å²) in [5.74, 6) is -3.35. The van der Waals surface area contributed by atoms with Crippen molar-refractivity contribution in [3.8, 4) is 11.3 Å². The van der Waals surface area contributed by atoms with Crippen molar-refractivity contribution in [2.45, 2.75) is 6.18 Å². The van der Waals surface area contributed by atoms with Gasteiger partial charge in [-0.15, -0.1) is 0 Å². The fraction of sp³-hybridized carbons (Fsp3) is 0.167. The molecule has 1 aromatic carbocycles. The van der Waals surface area contributed by atoms with Crippen molar-refractivity contribution in [3.05, 3.63) is 41.7 Å². The lowest BCUT2D eigenvalue weighted by Gasteiger charge is -2.10. The molecule has 8 heteroatoms. The van der Waals surface area contributed by atoms with E-state index in [0.717, 1.165) is 18.2 Å². The lowest BCUT2D eigenvalue weighted by atomic mass is 10.1. The Labute approximate surface area is 110 Å². The Hall–Kier alpha value is -2.25. The molecule has 0 saturated heterocycles. The van der Waals surface area contributed by atoms with Gasteiger partial charge < -0.3 is 5.32 Å². The first kappa shape index (κ1) is 14.2. The molecule has 0 fully saturated rings. The highest BCUT2D eigenvalue weighted by molar-refractivity contribution is 5.63. The maximum atomic E-state index is 13.6. The molecule has 0 atom stereocenters. The van der Waals surface area contributed by atoms with E-state index in [0.29, 0.717) is 6.07 Å². The molecular weight excluding hydrogens is 281 g/mol. The minimum Gasteiger partial charge on any atom is -0.373 e. The predicted molar refractivity (Wildman–Crippen MR) is 61.9 cm³/mol. The maximum absolute atomic E-state index is 13.6. The first-order chi connectivity index (χ1) is 9.31. The zero-order valence-corrected chi connectivity index (χ0v) is 10.1. The van der Waals surface area contributed by atoms with E-state index < -0.39 is 23.6 Å². The fourth-order valence-electron chi connectivity index (χ4n) is 1.54. The number of nitrogens with one attached hydrogen (secondary N) is 1. The Bertz CT molecular complexity index is 639. The van der Waals surface area contributed by atoms with Crippen molar-refractivity contribution in [1.82, 2.24) is 9.97 Å². The lowest BCUT2D eigenvalue weighted by molar-refractivity contribution is -0.144. The van der Waals surface area contributed by atoms with Gasteiger partial charge in [0.05, 0.1) is 5.69 Å². The molecule has 106 valence electrons. The topological polar surface area (TPSA) is 37.8 Å². The summed E-state index contributed by atoms with van der Waals surface area (Å²) < 4.78 is 64.4. The molecule has 1 heterocycles. The molecule has 0 spiro atoms. The Morgan fingerprint density at radius 1 is 1.05 bits per heavy atom. The molecule has 0 aliphatic rings. The predicted octanol–water partition coefficient (Wildman–Crippen LogP) is 3.48. The van der Waals surface area contributed by atoms with Gasteiger partial charge in [0.2, 0.25) is 5.82 Å². The van der Waals surface area contributed by atoms with E-state index >= 15 is 0 Å². The van der Waals surface area contributed by atoms with Crippen LogP contribution in [0.15, 0.2) is 24.3 Å². The van der Waals surface area contributed by atoms with Crippen LogP contribution < -0.4 is 5.32 Å². The van der Waals surface area contributed by atoms with Crippen molar-refractivity contribution in [2.75, 3.05) is 12.4 Å². The van der Waals surface area contributed by atoms with Crippen LogP contribution in [-0.4, -0.2) is 17.0 Å². The van der Waals surface area contributed by atoms with Crippen molar-refractivity contribution >= 4 is 5.82 Å². The highest BCUT2D eigenvalue weighted by atomic mass is 19.4. The third-order valence-corrected chi connectivity index (χ3v) is 2.44. The van der Waals surface area contributed by atoms with E-state index in [1.807, 2.05) is 0 Å². The third-order valence-electron chi connectivity index (χ3n) is 2.44. The zero-order valence-electron chi connectivity index (χ0n) is 10.1. The number of benzene rings is 1. The van der Waals surface area contributed by atoms with Gasteiger partial charge in [0.1, 0.15) is 17.5 Å². The van der Waals surface area contributed by atoms with Crippen molar-refractivity contribution in [3.63, 3.8) is 0 Å². The monoisotopic (exact) mass is 289 g/mol. The number of hydrogen-bond acceptors (Lipinski definition) is 3. The Kier molecular flexibility index (Phi) is 3.56. The summed E-state index contributed by atoms with van der Waals surface area (Å²) in [6, 6.07) is 3.68. The third kappa shape index (κ3) is 2.84. The number of hydrogen-bond donors (Lipinski definition) is 1. The maximum Gasteiger partial charge on any atom is 0.451 e. The molecule has 20 heavy (non-hydrogen) atoms. The highest BCUT2D eigenvalue weighted by Gasteiger charge is 2.35. The molecule has 0 unspecified atom stereocenters. The van der Waals surface area contributed by atoms with Crippen LogP contribution in [0.25, 0.3) is 11.3 Å². The van der Waals surface area contributed by atoms with Gasteiger partial charge >= 0.3 is 6.18 Å². The Morgan fingerprint density at radius 2 is 1.75 bits per heavy atom. The van der Waals surface area contributed by atoms with E-state index in [4.69, 9.17) is 0 Å². The molecule has 2 rings (SSSR count). The standard InChI is InChI=1S/C12H8F5N3/c1-18-10-5-9(19-11(20-10)12(15,16)17)7-3-2-6(13)4-8(7)14/h2-5H,1H3,(H,18,19,20). The fourth-order valence-corrected chi connectivity index (χ4v) is 1.54. The summed E-state index contributed by atoms with van der Waals surface area (Å²) in [6.07, 6.45) is -4.77. The molecule has 3 nitrogen and oxygen atoms in total. The number of aromatic nitrogens is 2. The summed E-state index contributed by atoms with van der Waals surface area (Å²) in [6.45, 7) is 0. The number of halogens is 5. The van der Waals surface area contributed by atoms with Crippen LogP contribution in [0, 0.1) is 11.6 Å². The molecule has 0 aliphatic carbocycles. The molecule has 0 saturated carbocycles. The zero-order chi connectivity index (χ0) is 14.9. The molecule has 2 aromatic rings. The number of rotatable bonds is 2. The quantitative estimate of drug-likeness (QED) is 0.860. The molecule has 0 amide bonds. The SMILES string of the molecule is CNc1cc(-c2ccc(F)cc2F)nc(C(F)(F)F)n1. The lowest BCUT2D eigenvalue weighted by Crippen LogP contribution is -2.13. The van der Waals surface area contributed by atoms with Gasteiger partial charge in [0.25, 0.3) is 0 Å². The molecular formula is C12H8F5N3. The van der Waals surface area contributed by atoms with Gasteiger partial charge in [-0.3, -0.25) is 0 Å². The van der Waals surface area contributed by atoms with Crippen LogP contribution >= 0.6 is 0 Å². The second-order valence-electron chi connectivity index (χ2n) is 3.83. The normalized spacial score (nSPS) is 11.5. The second-order valence-corrected chi connectivity index (χ2v) is 3.83. The summed E-state index contributed by atoms with van der Waals surface area (Å²) in [5, 5.41) is 2.43. The molecule has 1 aromatic heterocycles. The molecule has 1 N–H and O–H groups in total. The van der Waals surface area contributed by atoms with Crippen molar-refractivity contribution in [2.24, 2.45) is 0 Å². The van der Waals surface area contributed by atoms with Crippen LogP contribution in [0.2, 0.25) is 0 Å². The summed E-state index contributed by atoms with van der Waals surface area (Å²) >= 11 is 0. The van der Waals surface area contributed by atoms with Crippen molar-refractivity contribution in [1.29, 1.82) is 0 Å². The van der Waals surface area contributed by atoms with Gasteiger partial charge in [-0.05, 0) is 12.1 Å². The van der Waals surface area contributed by atoms with E-state index in [1.54, 1.807) is 0 Å². The summed E-state index contributed by atoms with van der Waals surface area (Å²) in [4.78, 5) is 6.53. The van der Waals surface area contributed by atoms with Gasteiger partial charge in [-0.2, -0.15) is 13.2 Å². The average Bonchev–Trinajstić information content (AvgIpc) is 2.37. The first-order valence-electron chi connectivity index (χ1n) is 5.40. The van der Waals surface area contributed by atoms with Gasteiger partial charge in [-0.25, -0.2) is 18.7 Å². The van der Waals surface area contributed by atoms with Crippen LogP contribution in [0.5, 0.6) is 0 Å².